The molecule has 0 fully saturated rings. The first-order chi connectivity index (χ1) is 10.2. The quantitative estimate of drug-likeness (QED) is 0.855. The molecule has 3 rings (SSSR count). The smallest absolute Gasteiger partial charge is 0.256 e. The molecule has 0 spiro atoms. The minimum absolute atomic E-state index is 0.0450. The van der Waals surface area contributed by atoms with Crippen molar-refractivity contribution >= 4 is 5.91 Å². The Labute approximate surface area is 124 Å². The summed E-state index contributed by atoms with van der Waals surface area (Å²) in [4.78, 5) is 18.6. The topological polar surface area (TPSA) is 56.0 Å². The summed E-state index contributed by atoms with van der Waals surface area (Å²) in [6.07, 6.45) is 9.38. The third-order valence-electron chi connectivity index (χ3n) is 4.13. The predicted octanol–water partition coefficient (Wildman–Crippen LogP) is 1.43. The third kappa shape index (κ3) is 2.84. The Morgan fingerprint density at radius 1 is 1.52 bits per heavy atom. The number of aryl methyl sites for hydroxylation is 2. The summed E-state index contributed by atoms with van der Waals surface area (Å²) >= 11 is 0. The zero-order valence-corrected chi connectivity index (χ0v) is 12.6. The molecule has 0 N–H and O–H groups in total. The standard InChI is InChI=1S/C15H21N5O/c1-3-20-11-13(9-17-20)15(21)18(2)10-12-4-6-19-7-5-16-14(19)8-12/h5,7,9,11-12H,3-4,6,8,10H2,1-2H3. The molecule has 1 amide bonds. The number of aromatic nitrogens is 4. The number of amides is 1. The minimum atomic E-state index is 0.0450. The van der Waals surface area contributed by atoms with Gasteiger partial charge in [0.2, 0.25) is 0 Å². The van der Waals surface area contributed by atoms with Crippen molar-refractivity contribution in [3.05, 3.63) is 36.2 Å². The molecule has 0 saturated carbocycles. The summed E-state index contributed by atoms with van der Waals surface area (Å²) in [7, 11) is 1.87. The average Bonchev–Trinajstić information content (AvgIpc) is 3.14. The van der Waals surface area contributed by atoms with Gasteiger partial charge in [0.05, 0.1) is 11.8 Å². The van der Waals surface area contributed by atoms with Gasteiger partial charge in [0.1, 0.15) is 5.82 Å². The Kier molecular flexibility index (Phi) is 3.77. The highest BCUT2D eigenvalue weighted by molar-refractivity contribution is 5.93. The Bertz CT molecular complexity index is 630. The van der Waals surface area contributed by atoms with Crippen LogP contribution in [0.5, 0.6) is 0 Å². The normalized spacial score (nSPS) is 17.5. The summed E-state index contributed by atoms with van der Waals surface area (Å²) in [6.45, 7) is 4.55. The van der Waals surface area contributed by atoms with Gasteiger partial charge in [0.15, 0.2) is 0 Å². The van der Waals surface area contributed by atoms with Gasteiger partial charge >= 0.3 is 0 Å². The highest BCUT2D eigenvalue weighted by Crippen LogP contribution is 2.20. The van der Waals surface area contributed by atoms with E-state index in [1.54, 1.807) is 15.8 Å². The van der Waals surface area contributed by atoms with Crippen molar-refractivity contribution < 1.29 is 4.79 Å². The fourth-order valence-corrected chi connectivity index (χ4v) is 2.91. The molecule has 0 aromatic carbocycles. The second-order valence-corrected chi connectivity index (χ2v) is 5.67. The van der Waals surface area contributed by atoms with Gasteiger partial charge in [0.25, 0.3) is 5.91 Å². The lowest BCUT2D eigenvalue weighted by Gasteiger charge is -2.27. The highest BCUT2D eigenvalue weighted by atomic mass is 16.2. The highest BCUT2D eigenvalue weighted by Gasteiger charge is 2.23. The van der Waals surface area contributed by atoms with Crippen LogP contribution in [0.2, 0.25) is 0 Å². The van der Waals surface area contributed by atoms with Crippen LogP contribution < -0.4 is 0 Å². The first-order valence-corrected chi connectivity index (χ1v) is 7.45. The summed E-state index contributed by atoms with van der Waals surface area (Å²) in [5.74, 6) is 1.66. The summed E-state index contributed by atoms with van der Waals surface area (Å²) in [6, 6.07) is 0. The van der Waals surface area contributed by atoms with Crippen LogP contribution in [0.15, 0.2) is 24.8 Å². The molecular formula is C15H21N5O. The van der Waals surface area contributed by atoms with Crippen LogP contribution in [0, 0.1) is 5.92 Å². The SMILES string of the molecule is CCn1cc(C(=O)N(C)CC2CCn3ccnc3C2)cn1. The van der Waals surface area contributed by atoms with E-state index in [4.69, 9.17) is 0 Å². The largest absolute Gasteiger partial charge is 0.341 e. The van der Waals surface area contributed by atoms with E-state index in [1.165, 1.54) is 0 Å². The molecule has 2 aromatic heterocycles. The maximum atomic E-state index is 12.4. The molecule has 2 aromatic rings. The zero-order valence-electron chi connectivity index (χ0n) is 12.6. The fraction of sp³-hybridized carbons (Fsp3) is 0.533. The minimum Gasteiger partial charge on any atom is -0.341 e. The Hall–Kier alpha value is -2.11. The van der Waals surface area contributed by atoms with E-state index in [0.717, 1.165) is 38.3 Å². The molecule has 6 nitrogen and oxygen atoms in total. The van der Waals surface area contributed by atoms with Gasteiger partial charge in [0, 0.05) is 51.7 Å². The van der Waals surface area contributed by atoms with Crippen molar-refractivity contribution in [1.29, 1.82) is 0 Å². The second-order valence-electron chi connectivity index (χ2n) is 5.67. The third-order valence-corrected chi connectivity index (χ3v) is 4.13. The van der Waals surface area contributed by atoms with Gasteiger partial charge < -0.3 is 9.47 Å². The average molecular weight is 287 g/mol. The summed E-state index contributed by atoms with van der Waals surface area (Å²) in [5, 5.41) is 4.16. The molecule has 0 saturated heterocycles. The monoisotopic (exact) mass is 287 g/mol. The summed E-state index contributed by atoms with van der Waals surface area (Å²) < 4.78 is 3.97. The van der Waals surface area contributed by atoms with E-state index in [9.17, 15) is 4.79 Å². The van der Waals surface area contributed by atoms with Crippen LogP contribution in [0.3, 0.4) is 0 Å². The van der Waals surface area contributed by atoms with Crippen molar-refractivity contribution in [2.75, 3.05) is 13.6 Å². The van der Waals surface area contributed by atoms with E-state index in [0.29, 0.717) is 11.5 Å². The van der Waals surface area contributed by atoms with E-state index in [-0.39, 0.29) is 5.91 Å². The van der Waals surface area contributed by atoms with E-state index in [2.05, 4.69) is 14.6 Å². The van der Waals surface area contributed by atoms with Crippen molar-refractivity contribution in [3.8, 4) is 0 Å². The Morgan fingerprint density at radius 3 is 3.14 bits per heavy atom. The number of hydrogen-bond donors (Lipinski definition) is 0. The predicted molar refractivity (Wildman–Crippen MR) is 78.9 cm³/mol. The van der Waals surface area contributed by atoms with Gasteiger partial charge in [-0.05, 0) is 19.3 Å². The van der Waals surface area contributed by atoms with Crippen LogP contribution in [0.4, 0.5) is 0 Å². The molecule has 0 bridgehead atoms. The number of rotatable bonds is 4. The number of nitrogens with zero attached hydrogens (tertiary/aromatic N) is 5. The number of carbonyl (C=O) groups is 1. The molecular weight excluding hydrogens is 266 g/mol. The molecule has 1 atom stereocenters. The number of hydrogen-bond acceptors (Lipinski definition) is 3. The van der Waals surface area contributed by atoms with Crippen LogP contribution in [-0.2, 0) is 19.5 Å². The lowest BCUT2D eigenvalue weighted by Crippen LogP contribution is -2.34. The molecule has 3 heterocycles. The lowest BCUT2D eigenvalue weighted by atomic mass is 9.97. The van der Waals surface area contributed by atoms with Crippen LogP contribution in [0.1, 0.15) is 29.5 Å². The Morgan fingerprint density at radius 2 is 2.38 bits per heavy atom. The molecule has 1 unspecified atom stereocenters. The molecule has 112 valence electrons. The van der Waals surface area contributed by atoms with E-state index >= 15 is 0 Å². The Balaban J connectivity index is 1.61. The molecule has 0 aliphatic carbocycles. The lowest BCUT2D eigenvalue weighted by molar-refractivity contribution is 0.0764. The molecule has 0 radical (unpaired) electrons. The molecule has 6 heteroatoms. The van der Waals surface area contributed by atoms with E-state index in [1.807, 2.05) is 32.6 Å². The van der Waals surface area contributed by atoms with Gasteiger partial charge in [-0.15, -0.1) is 0 Å². The van der Waals surface area contributed by atoms with Crippen molar-refractivity contribution in [2.45, 2.75) is 32.9 Å². The summed E-state index contributed by atoms with van der Waals surface area (Å²) in [5.41, 5.74) is 0.664. The fourth-order valence-electron chi connectivity index (χ4n) is 2.91. The first kappa shape index (κ1) is 13.9. The van der Waals surface area contributed by atoms with Crippen LogP contribution in [-0.4, -0.2) is 43.7 Å². The first-order valence-electron chi connectivity index (χ1n) is 7.45. The van der Waals surface area contributed by atoms with Gasteiger partial charge in [-0.3, -0.25) is 9.48 Å². The number of fused-ring (bicyclic) bond motifs is 1. The molecule has 21 heavy (non-hydrogen) atoms. The number of carbonyl (C=O) groups excluding carboxylic acids is 1. The van der Waals surface area contributed by atoms with Crippen molar-refractivity contribution in [3.63, 3.8) is 0 Å². The van der Waals surface area contributed by atoms with Gasteiger partial charge in [-0.1, -0.05) is 0 Å². The maximum Gasteiger partial charge on any atom is 0.256 e. The van der Waals surface area contributed by atoms with Crippen molar-refractivity contribution in [1.82, 2.24) is 24.2 Å². The number of imidazole rings is 1. The molecule has 1 aliphatic heterocycles. The van der Waals surface area contributed by atoms with Gasteiger partial charge in [-0.2, -0.15) is 5.10 Å². The molecule has 1 aliphatic rings. The zero-order chi connectivity index (χ0) is 14.8. The van der Waals surface area contributed by atoms with Crippen LogP contribution >= 0.6 is 0 Å². The van der Waals surface area contributed by atoms with E-state index < -0.39 is 0 Å². The van der Waals surface area contributed by atoms with Crippen LogP contribution in [0.25, 0.3) is 0 Å². The van der Waals surface area contributed by atoms with Gasteiger partial charge in [-0.25, -0.2) is 4.98 Å². The second kappa shape index (κ2) is 5.71. The maximum absolute atomic E-state index is 12.4. The van der Waals surface area contributed by atoms with Crippen molar-refractivity contribution in [2.24, 2.45) is 5.92 Å².